The van der Waals surface area contributed by atoms with Gasteiger partial charge in [-0.3, -0.25) is 4.79 Å². The van der Waals surface area contributed by atoms with Gasteiger partial charge in [0.05, 0.1) is 24.8 Å². The summed E-state index contributed by atoms with van der Waals surface area (Å²) >= 11 is 0. The maximum absolute atomic E-state index is 11.6. The fraction of sp³-hybridized carbons (Fsp3) is 0.500. The third-order valence-electron chi connectivity index (χ3n) is 4.68. The van der Waals surface area contributed by atoms with Gasteiger partial charge < -0.3 is 25.4 Å². The van der Waals surface area contributed by atoms with Crippen LogP contribution in [0.15, 0.2) is 18.5 Å². The Morgan fingerprint density at radius 2 is 2.31 bits per heavy atom. The van der Waals surface area contributed by atoms with Crippen molar-refractivity contribution in [2.45, 2.75) is 37.3 Å². The van der Waals surface area contributed by atoms with Crippen molar-refractivity contribution in [1.82, 2.24) is 14.6 Å². The second-order valence-electron chi connectivity index (χ2n) is 6.26. The molecule has 0 saturated carbocycles. The van der Waals surface area contributed by atoms with Gasteiger partial charge in [0, 0.05) is 0 Å². The van der Waals surface area contributed by atoms with Gasteiger partial charge in [-0.15, -0.1) is 0 Å². The molecule has 1 aliphatic heterocycles. The van der Waals surface area contributed by atoms with E-state index in [-0.39, 0.29) is 17.9 Å². The van der Waals surface area contributed by atoms with Crippen LogP contribution in [0.4, 0.5) is 5.82 Å². The predicted molar refractivity (Wildman–Crippen MR) is 87.4 cm³/mol. The SMILES string of the molecule is COC(=O)C(C)C[C@H]1O[C@@](C#N)(c2ccc3c(N)ncnn23)[C@H](O)[C@@H]1O. The molecule has 0 radical (unpaired) electrons. The van der Waals surface area contributed by atoms with Crippen LogP contribution in [0.2, 0.25) is 0 Å². The molecular formula is C16H19N5O5. The van der Waals surface area contributed by atoms with Crippen LogP contribution in [0.1, 0.15) is 19.0 Å². The van der Waals surface area contributed by atoms with Crippen molar-refractivity contribution < 1.29 is 24.5 Å². The van der Waals surface area contributed by atoms with E-state index in [0.29, 0.717) is 5.52 Å². The van der Waals surface area contributed by atoms with Crippen LogP contribution >= 0.6 is 0 Å². The second kappa shape index (κ2) is 6.53. The number of nitriles is 1. The number of carbonyl (C=O) groups is 1. The Morgan fingerprint density at radius 3 is 2.96 bits per heavy atom. The fourth-order valence-electron chi connectivity index (χ4n) is 3.25. The first-order chi connectivity index (χ1) is 12.4. The number of rotatable bonds is 4. The molecule has 0 aromatic carbocycles. The molecule has 4 N–H and O–H groups in total. The van der Waals surface area contributed by atoms with E-state index in [0.717, 1.165) is 0 Å². The molecule has 0 amide bonds. The Kier molecular flexibility index (Phi) is 4.53. The molecule has 1 saturated heterocycles. The van der Waals surface area contributed by atoms with Crippen LogP contribution in [-0.4, -0.2) is 56.2 Å². The van der Waals surface area contributed by atoms with Crippen LogP contribution in [-0.2, 0) is 19.9 Å². The molecule has 3 heterocycles. The number of carbonyl (C=O) groups excluding carboxylic acids is 1. The summed E-state index contributed by atoms with van der Waals surface area (Å²) in [6.45, 7) is 1.61. The normalized spacial score (nSPS) is 29.4. The Hall–Kier alpha value is -2.74. The van der Waals surface area contributed by atoms with E-state index in [4.69, 9.17) is 10.5 Å². The molecule has 0 spiro atoms. The number of esters is 1. The highest BCUT2D eigenvalue weighted by atomic mass is 16.6. The highest BCUT2D eigenvalue weighted by Crippen LogP contribution is 2.42. The summed E-state index contributed by atoms with van der Waals surface area (Å²) < 4.78 is 11.8. The highest BCUT2D eigenvalue weighted by Gasteiger charge is 2.57. The zero-order chi connectivity index (χ0) is 19.1. The number of nitrogen functional groups attached to an aromatic ring is 1. The lowest BCUT2D eigenvalue weighted by Crippen LogP contribution is -2.40. The number of aromatic nitrogens is 3. The van der Waals surface area contributed by atoms with Crippen LogP contribution in [0.25, 0.3) is 5.52 Å². The molecule has 26 heavy (non-hydrogen) atoms. The van der Waals surface area contributed by atoms with Gasteiger partial charge in [0.2, 0.25) is 5.60 Å². The number of anilines is 1. The standard InChI is InChI=1S/C16H19N5O5/c1-8(15(24)25-2)5-10-12(22)13(23)16(6-17,26-10)11-4-3-9-14(18)19-7-20-21(9)11/h3-4,7-8,10,12-13,22-23H,5H2,1-2H3,(H2,18,19,20)/t8?,10-,12-,13-,16+/m1/s1. The largest absolute Gasteiger partial charge is 0.469 e. The quantitative estimate of drug-likeness (QED) is 0.602. The van der Waals surface area contributed by atoms with Crippen molar-refractivity contribution >= 4 is 17.3 Å². The molecule has 1 aliphatic rings. The maximum atomic E-state index is 11.6. The molecule has 1 unspecified atom stereocenters. The Labute approximate surface area is 148 Å². The Balaban J connectivity index is 2.00. The van der Waals surface area contributed by atoms with Crippen LogP contribution in [0.3, 0.4) is 0 Å². The van der Waals surface area contributed by atoms with Crippen molar-refractivity contribution in [3.63, 3.8) is 0 Å². The van der Waals surface area contributed by atoms with Crippen molar-refractivity contribution in [3.8, 4) is 6.07 Å². The third-order valence-corrected chi connectivity index (χ3v) is 4.68. The third kappa shape index (κ3) is 2.57. The number of methoxy groups -OCH3 is 1. The first-order valence-corrected chi connectivity index (χ1v) is 7.97. The number of hydrogen-bond donors (Lipinski definition) is 3. The molecule has 10 nitrogen and oxygen atoms in total. The van der Waals surface area contributed by atoms with E-state index in [2.05, 4.69) is 14.8 Å². The molecule has 2 aromatic heterocycles. The van der Waals surface area contributed by atoms with Crippen LogP contribution in [0, 0.1) is 17.2 Å². The van der Waals surface area contributed by atoms with Gasteiger partial charge >= 0.3 is 5.97 Å². The van der Waals surface area contributed by atoms with Crippen LogP contribution < -0.4 is 5.73 Å². The fourth-order valence-corrected chi connectivity index (χ4v) is 3.25. The van der Waals surface area contributed by atoms with Gasteiger partial charge in [0.1, 0.15) is 30.1 Å². The van der Waals surface area contributed by atoms with Gasteiger partial charge in [-0.05, 0) is 18.6 Å². The minimum absolute atomic E-state index is 0.0781. The number of fused-ring (bicyclic) bond motifs is 1. The van der Waals surface area contributed by atoms with E-state index in [1.54, 1.807) is 13.0 Å². The van der Waals surface area contributed by atoms with Crippen molar-refractivity contribution in [2.24, 2.45) is 5.92 Å². The molecular weight excluding hydrogens is 342 g/mol. The zero-order valence-corrected chi connectivity index (χ0v) is 14.2. The number of aliphatic hydroxyl groups excluding tert-OH is 2. The summed E-state index contributed by atoms with van der Waals surface area (Å²) in [6, 6.07) is 5.07. The summed E-state index contributed by atoms with van der Waals surface area (Å²) in [6.07, 6.45) is -2.56. The molecule has 1 fully saturated rings. The number of nitrogens with two attached hydrogens (primary N) is 1. The lowest BCUT2D eigenvalue weighted by Gasteiger charge is -2.24. The summed E-state index contributed by atoms with van der Waals surface area (Å²) in [7, 11) is 1.26. The molecule has 2 aromatic rings. The van der Waals surface area contributed by atoms with Crippen molar-refractivity contribution in [1.29, 1.82) is 5.26 Å². The molecule has 3 rings (SSSR count). The summed E-state index contributed by atoms with van der Waals surface area (Å²) in [5.74, 6) is -0.856. The molecule has 0 bridgehead atoms. The van der Waals surface area contributed by atoms with E-state index in [1.165, 1.54) is 24.0 Å². The van der Waals surface area contributed by atoms with Crippen molar-refractivity contribution in [2.75, 3.05) is 12.8 Å². The minimum Gasteiger partial charge on any atom is -0.469 e. The molecule has 138 valence electrons. The lowest BCUT2D eigenvalue weighted by molar-refractivity contribution is -0.147. The van der Waals surface area contributed by atoms with Gasteiger partial charge in [-0.2, -0.15) is 10.4 Å². The number of hydrogen-bond acceptors (Lipinski definition) is 9. The average molecular weight is 361 g/mol. The van der Waals surface area contributed by atoms with E-state index in [9.17, 15) is 20.3 Å². The van der Waals surface area contributed by atoms with E-state index < -0.39 is 35.8 Å². The van der Waals surface area contributed by atoms with E-state index >= 15 is 0 Å². The number of ether oxygens (including phenoxy) is 2. The summed E-state index contributed by atoms with van der Waals surface area (Å²) in [4.78, 5) is 15.5. The van der Waals surface area contributed by atoms with Crippen molar-refractivity contribution in [3.05, 3.63) is 24.2 Å². The van der Waals surface area contributed by atoms with Gasteiger partial charge in [-0.1, -0.05) is 6.92 Å². The predicted octanol–water partition coefficient (Wildman–Crippen LogP) is -0.650. The first kappa shape index (κ1) is 18.1. The topological polar surface area (TPSA) is 156 Å². The Morgan fingerprint density at radius 1 is 1.58 bits per heavy atom. The minimum atomic E-state index is -1.87. The zero-order valence-electron chi connectivity index (χ0n) is 14.2. The summed E-state index contributed by atoms with van der Waals surface area (Å²) in [5, 5.41) is 34.8. The Bertz CT molecular complexity index is 878. The molecule has 10 heteroatoms. The van der Waals surface area contributed by atoms with E-state index in [1.807, 2.05) is 6.07 Å². The maximum Gasteiger partial charge on any atom is 0.308 e. The highest BCUT2D eigenvalue weighted by molar-refractivity contribution is 5.71. The molecule has 0 aliphatic carbocycles. The first-order valence-electron chi connectivity index (χ1n) is 7.97. The summed E-state index contributed by atoms with van der Waals surface area (Å²) in [5.41, 5.74) is 4.58. The van der Waals surface area contributed by atoms with Gasteiger partial charge in [0.15, 0.2) is 5.82 Å². The smallest absolute Gasteiger partial charge is 0.308 e. The van der Waals surface area contributed by atoms with Gasteiger partial charge in [0.25, 0.3) is 0 Å². The lowest BCUT2D eigenvalue weighted by atomic mass is 9.91. The number of aliphatic hydroxyl groups is 2. The number of nitrogens with zero attached hydrogens (tertiary/aromatic N) is 4. The van der Waals surface area contributed by atoms with Gasteiger partial charge in [-0.25, -0.2) is 9.50 Å². The monoisotopic (exact) mass is 361 g/mol. The second-order valence-corrected chi connectivity index (χ2v) is 6.26. The van der Waals surface area contributed by atoms with Crippen LogP contribution in [0.5, 0.6) is 0 Å². The average Bonchev–Trinajstić information content (AvgIpc) is 3.17. The molecule has 5 atom stereocenters.